The number of rotatable bonds is 7. The monoisotopic (exact) mass is 311 g/mol. The predicted molar refractivity (Wildman–Crippen MR) is 86.2 cm³/mol. The molecule has 0 N–H and O–H groups in total. The van der Waals surface area contributed by atoms with E-state index in [0.29, 0.717) is 17.4 Å². The maximum Gasteiger partial charge on any atom is 0.151 e. The van der Waals surface area contributed by atoms with Crippen molar-refractivity contribution in [1.29, 1.82) is 0 Å². The number of para-hydroxylation sites is 1. The molecule has 1 aromatic heterocycles. The van der Waals surface area contributed by atoms with Gasteiger partial charge in [0.15, 0.2) is 5.82 Å². The van der Waals surface area contributed by atoms with E-state index in [1.54, 1.807) is 6.07 Å². The quantitative estimate of drug-likeness (QED) is 0.568. The SMILES string of the molecule is CC(C)N(C)CCCCn1c(CCl)nc2c(F)cccc21. The molecule has 116 valence electrons. The molecular formula is C16H23ClFN3. The molecule has 0 aliphatic heterocycles. The van der Waals surface area contributed by atoms with Crippen LogP contribution in [0.1, 0.15) is 32.5 Å². The topological polar surface area (TPSA) is 21.1 Å². The number of aryl methyl sites for hydroxylation is 1. The summed E-state index contributed by atoms with van der Waals surface area (Å²) in [6, 6.07) is 5.63. The third-order valence-corrected chi connectivity index (χ3v) is 4.19. The Hall–Kier alpha value is -1.13. The van der Waals surface area contributed by atoms with Gasteiger partial charge in [0.1, 0.15) is 11.3 Å². The van der Waals surface area contributed by atoms with Gasteiger partial charge in [-0.1, -0.05) is 6.07 Å². The van der Waals surface area contributed by atoms with Gasteiger partial charge in [0.05, 0.1) is 11.4 Å². The van der Waals surface area contributed by atoms with E-state index in [-0.39, 0.29) is 5.82 Å². The van der Waals surface area contributed by atoms with E-state index in [0.717, 1.165) is 37.3 Å². The number of hydrogen-bond acceptors (Lipinski definition) is 2. The van der Waals surface area contributed by atoms with Gasteiger partial charge < -0.3 is 9.47 Å². The van der Waals surface area contributed by atoms with Crippen LogP contribution in [0.4, 0.5) is 4.39 Å². The van der Waals surface area contributed by atoms with Crippen LogP contribution in [0.3, 0.4) is 0 Å². The van der Waals surface area contributed by atoms with E-state index in [1.165, 1.54) is 6.07 Å². The standard InChI is InChI=1S/C16H23ClFN3/c1-12(2)20(3)9-4-5-10-21-14-8-6-7-13(18)16(14)19-15(21)11-17/h6-8,12H,4-5,9-11H2,1-3H3. The van der Waals surface area contributed by atoms with E-state index < -0.39 is 0 Å². The Labute approximate surface area is 130 Å². The third-order valence-electron chi connectivity index (χ3n) is 3.95. The van der Waals surface area contributed by atoms with Crippen molar-refractivity contribution in [3.8, 4) is 0 Å². The first kappa shape index (κ1) is 16.2. The van der Waals surface area contributed by atoms with Gasteiger partial charge in [-0.3, -0.25) is 0 Å². The molecule has 0 aliphatic rings. The average molecular weight is 312 g/mol. The summed E-state index contributed by atoms with van der Waals surface area (Å²) in [7, 11) is 2.14. The van der Waals surface area contributed by atoms with Crippen LogP contribution in [0.25, 0.3) is 11.0 Å². The molecule has 0 fully saturated rings. The zero-order valence-electron chi connectivity index (χ0n) is 12.9. The lowest BCUT2D eigenvalue weighted by molar-refractivity contribution is 0.266. The van der Waals surface area contributed by atoms with Crippen LogP contribution in [0.5, 0.6) is 0 Å². The predicted octanol–water partition coefficient (Wildman–Crippen LogP) is 4.03. The fourth-order valence-corrected chi connectivity index (χ4v) is 2.61. The van der Waals surface area contributed by atoms with Gasteiger partial charge in [0, 0.05) is 12.6 Å². The second kappa shape index (κ2) is 7.23. The smallest absolute Gasteiger partial charge is 0.151 e. The highest BCUT2D eigenvalue weighted by Crippen LogP contribution is 2.21. The first-order valence-electron chi connectivity index (χ1n) is 7.44. The molecule has 2 rings (SSSR count). The first-order valence-corrected chi connectivity index (χ1v) is 7.98. The molecule has 21 heavy (non-hydrogen) atoms. The van der Waals surface area contributed by atoms with Crippen LogP contribution in [0.2, 0.25) is 0 Å². The Balaban J connectivity index is 2.06. The summed E-state index contributed by atoms with van der Waals surface area (Å²) in [5.41, 5.74) is 1.26. The van der Waals surface area contributed by atoms with Gasteiger partial charge in [-0.05, 0) is 52.4 Å². The normalized spacial score (nSPS) is 12.0. The number of fused-ring (bicyclic) bond motifs is 1. The molecule has 1 aromatic carbocycles. The van der Waals surface area contributed by atoms with Crippen LogP contribution in [-0.2, 0) is 12.4 Å². The van der Waals surface area contributed by atoms with Gasteiger partial charge >= 0.3 is 0 Å². The maximum atomic E-state index is 13.8. The van der Waals surface area contributed by atoms with Gasteiger partial charge in [0.2, 0.25) is 0 Å². The number of unbranched alkanes of at least 4 members (excludes halogenated alkanes) is 1. The lowest BCUT2D eigenvalue weighted by Crippen LogP contribution is -2.27. The molecule has 0 amide bonds. The molecule has 1 heterocycles. The fraction of sp³-hybridized carbons (Fsp3) is 0.562. The van der Waals surface area contributed by atoms with E-state index in [2.05, 4.69) is 30.8 Å². The van der Waals surface area contributed by atoms with Crippen LogP contribution < -0.4 is 0 Å². The van der Waals surface area contributed by atoms with Crippen molar-refractivity contribution in [3.63, 3.8) is 0 Å². The van der Waals surface area contributed by atoms with Crippen LogP contribution in [0.15, 0.2) is 18.2 Å². The summed E-state index contributed by atoms with van der Waals surface area (Å²) in [4.78, 5) is 6.65. The Morgan fingerprint density at radius 2 is 2.10 bits per heavy atom. The summed E-state index contributed by atoms with van der Waals surface area (Å²) < 4.78 is 15.8. The molecule has 0 spiro atoms. The van der Waals surface area contributed by atoms with Crippen molar-refractivity contribution >= 4 is 22.6 Å². The highest BCUT2D eigenvalue weighted by molar-refractivity contribution is 6.16. The number of alkyl halides is 1. The summed E-state index contributed by atoms with van der Waals surface area (Å²) in [5.74, 6) is 0.770. The Bertz CT molecular complexity index is 594. The van der Waals surface area contributed by atoms with Crippen LogP contribution in [0, 0.1) is 5.82 Å². The second-order valence-corrected chi connectivity index (χ2v) is 5.97. The second-order valence-electron chi connectivity index (χ2n) is 5.70. The van der Waals surface area contributed by atoms with E-state index >= 15 is 0 Å². The molecular weight excluding hydrogens is 289 g/mol. The van der Waals surface area contributed by atoms with Crippen molar-refractivity contribution in [2.24, 2.45) is 0 Å². The van der Waals surface area contributed by atoms with E-state index in [9.17, 15) is 4.39 Å². The Morgan fingerprint density at radius 3 is 2.76 bits per heavy atom. The van der Waals surface area contributed by atoms with Crippen molar-refractivity contribution < 1.29 is 4.39 Å². The number of aromatic nitrogens is 2. The van der Waals surface area contributed by atoms with Crippen LogP contribution >= 0.6 is 11.6 Å². The lowest BCUT2D eigenvalue weighted by atomic mass is 10.2. The molecule has 0 radical (unpaired) electrons. The van der Waals surface area contributed by atoms with Gasteiger partial charge in [-0.25, -0.2) is 9.37 Å². The van der Waals surface area contributed by atoms with Crippen molar-refractivity contribution in [2.45, 2.75) is 45.2 Å². The summed E-state index contributed by atoms with van der Waals surface area (Å²) >= 11 is 5.95. The number of hydrogen-bond donors (Lipinski definition) is 0. The zero-order chi connectivity index (χ0) is 15.4. The molecule has 0 aliphatic carbocycles. The Kier molecular flexibility index (Phi) is 5.59. The highest BCUT2D eigenvalue weighted by atomic mass is 35.5. The molecule has 0 saturated heterocycles. The molecule has 0 unspecified atom stereocenters. The number of benzene rings is 1. The van der Waals surface area contributed by atoms with Crippen molar-refractivity contribution in [2.75, 3.05) is 13.6 Å². The molecule has 2 aromatic rings. The maximum absolute atomic E-state index is 13.8. The van der Waals surface area contributed by atoms with Gasteiger partial charge in [0.25, 0.3) is 0 Å². The minimum Gasteiger partial charge on any atom is -0.327 e. The minimum absolute atomic E-state index is 0.280. The summed E-state index contributed by atoms with van der Waals surface area (Å²) in [6.45, 7) is 6.28. The van der Waals surface area contributed by atoms with Crippen molar-refractivity contribution in [1.82, 2.24) is 14.5 Å². The van der Waals surface area contributed by atoms with E-state index in [4.69, 9.17) is 11.6 Å². The van der Waals surface area contributed by atoms with Crippen LogP contribution in [-0.4, -0.2) is 34.1 Å². The van der Waals surface area contributed by atoms with Gasteiger partial charge in [-0.2, -0.15) is 0 Å². The largest absolute Gasteiger partial charge is 0.327 e. The highest BCUT2D eigenvalue weighted by Gasteiger charge is 2.12. The third kappa shape index (κ3) is 3.74. The van der Waals surface area contributed by atoms with Gasteiger partial charge in [-0.15, -0.1) is 11.6 Å². The average Bonchev–Trinajstić information content (AvgIpc) is 2.82. The van der Waals surface area contributed by atoms with Crippen molar-refractivity contribution in [3.05, 3.63) is 29.8 Å². The Morgan fingerprint density at radius 1 is 1.33 bits per heavy atom. The molecule has 3 nitrogen and oxygen atoms in total. The van der Waals surface area contributed by atoms with E-state index in [1.807, 2.05) is 10.6 Å². The fourth-order valence-electron chi connectivity index (χ4n) is 2.40. The first-order chi connectivity index (χ1) is 10.0. The molecule has 0 saturated carbocycles. The minimum atomic E-state index is -0.280. The summed E-state index contributed by atoms with van der Waals surface area (Å²) in [6.07, 6.45) is 2.13. The zero-order valence-corrected chi connectivity index (χ0v) is 13.7. The lowest BCUT2D eigenvalue weighted by Gasteiger charge is -2.20. The number of halogens is 2. The molecule has 0 bridgehead atoms. The number of nitrogens with zero attached hydrogens (tertiary/aromatic N) is 3. The molecule has 5 heteroatoms. The molecule has 0 atom stereocenters. The number of imidazole rings is 1. The summed E-state index contributed by atoms with van der Waals surface area (Å²) in [5, 5.41) is 0.